The second-order valence-electron chi connectivity index (χ2n) is 7.55. The number of carbonyl (C=O) groups is 1. The fraction of sp³-hybridized carbons (Fsp3) is 0.667. The predicted octanol–water partition coefficient (Wildman–Crippen LogP) is 5.65. The van der Waals surface area contributed by atoms with Crippen LogP contribution in [0.4, 0.5) is 0 Å². The van der Waals surface area contributed by atoms with E-state index in [4.69, 9.17) is 4.74 Å². The number of hydrogen-bond acceptors (Lipinski definition) is 2. The van der Waals surface area contributed by atoms with Gasteiger partial charge in [-0.25, -0.2) is 0 Å². The topological polar surface area (TPSA) is 26.3 Å². The lowest BCUT2D eigenvalue weighted by Crippen LogP contribution is -2.28. The van der Waals surface area contributed by atoms with Crippen molar-refractivity contribution < 1.29 is 9.53 Å². The minimum Gasteiger partial charge on any atom is -0.374 e. The lowest BCUT2D eigenvalue weighted by atomic mass is 9.86. The lowest BCUT2D eigenvalue weighted by Gasteiger charge is -2.25. The van der Waals surface area contributed by atoms with Crippen molar-refractivity contribution in [1.82, 2.24) is 0 Å². The SMILES string of the molecule is CO[C@@]1(C)/C=C/[C@H](C(C)C)CC/C(C)=C/CC/C(C)=C/C(=O)C1. The van der Waals surface area contributed by atoms with Crippen LogP contribution in [0.1, 0.15) is 66.7 Å². The molecule has 130 valence electrons. The summed E-state index contributed by atoms with van der Waals surface area (Å²) in [5.41, 5.74) is 2.09. The number of methoxy groups -OCH3 is 1. The van der Waals surface area contributed by atoms with Gasteiger partial charge in [-0.05, 0) is 64.4 Å². The molecule has 0 amide bonds. The van der Waals surface area contributed by atoms with E-state index >= 15 is 0 Å². The maximum absolute atomic E-state index is 12.3. The Morgan fingerprint density at radius 3 is 2.52 bits per heavy atom. The molecule has 0 radical (unpaired) electrons. The zero-order valence-electron chi connectivity index (χ0n) is 15.8. The van der Waals surface area contributed by atoms with E-state index in [1.165, 1.54) is 5.57 Å². The number of rotatable bonds is 2. The van der Waals surface area contributed by atoms with Crippen LogP contribution in [-0.2, 0) is 9.53 Å². The van der Waals surface area contributed by atoms with Crippen LogP contribution in [0.15, 0.2) is 35.5 Å². The quantitative estimate of drug-likeness (QED) is 0.615. The van der Waals surface area contributed by atoms with Gasteiger partial charge in [-0.15, -0.1) is 0 Å². The number of allylic oxidation sites excluding steroid dienone is 5. The zero-order valence-corrected chi connectivity index (χ0v) is 15.8. The van der Waals surface area contributed by atoms with Crippen molar-refractivity contribution in [3.05, 3.63) is 35.5 Å². The molecule has 0 saturated heterocycles. The maximum Gasteiger partial charge on any atom is 0.158 e. The van der Waals surface area contributed by atoms with Gasteiger partial charge in [0.05, 0.1) is 5.60 Å². The average Bonchev–Trinajstić information content (AvgIpc) is 2.45. The van der Waals surface area contributed by atoms with Crippen molar-refractivity contribution in [3.8, 4) is 0 Å². The molecule has 0 aromatic rings. The summed E-state index contributed by atoms with van der Waals surface area (Å²) >= 11 is 0. The molecule has 1 aliphatic carbocycles. The first-order chi connectivity index (χ1) is 10.8. The van der Waals surface area contributed by atoms with Crippen molar-refractivity contribution in [2.24, 2.45) is 11.8 Å². The Kier molecular flexibility index (Phi) is 7.98. The largest absolute Gasteiger partial charge is 0.374 e. The fourth-order valence-electron chi connectivity index (χ4n) is 2.96. The third-order valence-corrected chi connectivity index (χ3v) is 4.85. The third kappa shape index (κ3) is 7.30. The average molecular weight is 319 g/mol. The Balaban J connectivity index is 3.06. The molecule has 0 saturated carbocycles. The minimum absolute atomic E-state index is 0.148. The van der Waals surface area contributed by atoms with Crippen LogP contribution in [0.3, 0.4) is 0 Å². The van der Waals surface area contributed by atoms with Gasteiger partial charge in [-0.2, -0.15) is 0 Å². The van der Waals surface area contributed by atoms with E-state index in [-0.39, 0.29) is 5.78 Å². The number of ketones is 1. The van der Waals surface area contributed by atoms with Crippen molar-refractivity contribution in [1.29, 1.82) is 0 Å². The van der Waals surface area contributed by atoms with Crippen molar-refractivity contribution in [2.75, 3.05) is 7.11 Å². The van der Waals surface area contributed by atoms with E-state index in [2.05, 4.69) is 39.0 Å². The highest BCUT2D eigenvalue weighted by molar-refractivity contribution is 5.91. The molecule has 1 aliphatic rings. The van der Waals surface area contributed by atoms with Gasteiger partial charge in [0, 0.05) is 13.5 Å². The summed E-state index contributed by atoms with van der Waals surface area (Å²) in [5.74, 6) is 1.25. The van der Waals surface area contributed by atoms with Crippen LogP contribution in [0, 0.1) is 11.8 Å². The van der Waals surface area contributed by atoms with Crippen molar-refractivity contribution in [2.45, 2.75) is 72.3 Å². The molecule has 23 heavy (non-hydrogen) atoms. The van der Waals surface area contributed by atoms with Gasteiger partial charge >= 0.3 is 0 Å². The number of ether oxygens (including phenoxy) is 1. The van der Waals surface area contributed by atoms with Crippen LogP contribution in [0.2, 0.25) is 0 Å². The first-order valence-electron chi connectivity index (χ1n) is 8.86. The summed E-state index contributed by atoms with van der Waals surface area (Å²) in [4.78, 5) is 12.3. The predicted molar refractivity (Wildman–Crippen MR) is 98.5 cm³/mol. The molecule has 2 heteroatoms. The van der Waals surface area contributed by atoms with Crippen molar-refractivity contribution >= 4 is 5.78 Å². The highest BCUT2D eigenvalue weighted by Gasteiger charge is 2.24. The van der Waals surface area contributed by atoms with Crippen LogP contribution < -0.4 is 0 Å². The van der Waals surface area contributed by atoms with Gasteiger partial charge in [0.15, 0.2) is 5.78 Å². The zero-order chi connectivity index (χ0) is 17.5. The first kappa shape index (κ1) is 19.9. The van der Waals surface area contributed by atoms with Crippen LogP contribution >= 0.6 is 0 Å². The van der Waals surface area contributed by atoms with Gasteiger partial charge < -0.3 is 4.74 Å². The standard InChI is InChI=1S/C21H34O2/c1-16(2)19-11-10-17(3)8-7-9-18(4)14-20(22)15-21(5,23-6)13-12-19/h8,12-14,16,19H,7,9-11,15H2,1-6H3/b13-12+,17-8+,18-14+/t19-,21+/m1/s1. The fourth-order valence-corrected chi connectivity index (χ4v) is 2.96. The molecule has 0 aromatic carbocycles. The third-order valence-electron chi connectivity index (χ3n) is 4.85. The Bertz CT molecular complexity index is 482. The molecular weight excluding hydrogens is 284 g/mol. The highest BCUT2D eigenvalue weighted by atomic mass is 16.5. The highest BCUT2D eigenvalue weighted by Crippen LogP contribution is 2.26. The van der Waals surface area contributed by atoms with E-state index in [9.17, 15) is 4.79 Å². The van der Waals surface area contributed by atoms with Gasteiger partial charge in [0.1, 0.15) is 0 Å². The summed E-state index contributed by atoms with van der Waals surface area (Å²) in [6.07, 6.45) is 13.1. The van der Waals surface area contributed by atoms with Gasteiger partial charge in [-0.1, -0.05) is 43.2 Å². The second-order valence-corrected chi connectivity index (χ2v) is 7.55. The van der Waals surface area contributed by atoms with Gasteiger partial charge in [0.2, 0.25) is 0 Å². The van der Waals surface area contributed by atoms with Gasteiger partial charge in [0.25, 0.3) is 0 Å². The molecule has 0 N–H and O–H groups in total. The molecule has 0 aliphatic heterocycles. The molecule has 0 heterocycles. The number of carbonyl (C=O) groups excluding carboxylic acids is 1. The van der Waals surface area contributed by atoms with E-state index in [0.29, 0.717) is 18.3 Å². The minimum atomic E-state index is -0.518. The maximum atomic E-state index is 12.3. The van der Waals surface area contributed by atoms with E-state index in [1.54, 1.807) is 13.2 Å². The molecule has 1 rings (SSSR count). The van der Waals surface area contributed by atoms with Crippen LogP contribution in [-0.4, -0.2) is 18.5 Å². The molecular formula is C21H34O2. The summed E-state index contributed by atoms with van der Waals surface area (Å²) in [7, 11) is 1.69. The summed E-state index contributed by atoms with van der Waals surface area (Å²) in [5, 5.41) is 0. The molecule has 0 fully saturated rings. The van der Waals surface area contributed by atoms with Crippen LogP contribution in [0.5, 0.6) is 0 Å². The number of hydrogen-bond donors (Lipinski definition) is 0. The Morgan fingerprint density at radius 1 is 1.22 bits per heavy atom. The van der Waals surface area contributed by atoms with E-state index in [0.717, 1.165) is 31.3 Å². The Hall–Kier alpha value is -1.15. The summed E-state index contributed by atoms with van der Waals surface area (Å²) in [6.45, 7) is 10.8. The summed E-state index contributed by atoms with van der Waals surface area (Å²) < 4.78 is 5.65. The van der Waals surface area contributed by atoms with Crippen molar-refractivity contribution in [3.63, 3.8) is 0 Å². The van der Waals surface area contributed by atoms with E-state index in [1.807, 2.05) is 13.8 Å². The lowest BCUT2D eigenvalue weighted by molar-refractivity contribution is -0.118. The Labute approximate surface area is 142 Å². The van der Waals surface area contributed by atoms with E-state index < -0.39 is 5.60 Å². The van der Waals surface area contributed by atoms with Crippen LogP contribution in [0.25, 0.3) is 0 Å². The molecule has 0 bridgehead atoms. The van der Waals surface area contributed by atoms with Gasteiger partial charge in [-0.3, -0.25) is 4.79 Å². The normalized spacial score (nSPS) is 34.2. The molecule has 0 spiro atoms. The summed E-state index contributed by atoms with van der Waals surface area (Å²) in [6, 6.07) is 0. The molecule has 2 atom stereocenters. The monoisotopic (exact) mass is 318 g/mol. The smallest absolute Gasteiger partial charge is 0.158 e. The molecule has 0 aromatic heterocycles. The first-order valence-corrected chi connectivity index (χ1v) is 8.86. The molecule has 0 unspecified atom stereocenters. The molecule has 2 nitrogen and oxygen atoms in total. The second kappa shape index (κ2) is 9.22. The Morgan fingerprint density at radius 2 is 1.91 bits per heavy atom.